The maximum Gasteiger partial charge on any atom is 0.156 e. The normalized spacial score (nSPS) is 41.1. The van der Waals surface area contributed by atoms with E-state index in [1.54, 1.807) is 0 Å². The van der Waals surface area contributed by atoms with Crippen molar-refractivity contribution in [2.75, 3.05) is 6.54 Å². The summed E-state index contributed by atoms with van der Waals surface area (Å²) in [6, 6.07) is 0. The van der Waals surface area contributed by atoms with Crippen LogP contribution in [0.2, 0.25) is 0 Å². The number of hydrogen-bond acceptors (Lipinski definition) is 3. The van der Waals surface area contributed by atoms with Crippen LogP contribution in [0.4, 0.5) is 0 Å². The molecule has 2 N–H and O–H groups in total. The fourth-order valence-corrected chi connectivity index (χ4v) is 6.95. The molecule has 0 saturated heterocycles. The van der Waals surface area contributed by atoms with Gasteiger partial charge in [-0.3, -0.25) is 0 Å². The summed E-state index contributed by atoms with van der Waals surface area (Å²) < 4.78 is 25.9. The van der Waals surface area contributed by atoms with Gasteiger partial charge in [-0.1, -0.05) is 33.1 Å². The maximum atomic E-state index is 12.9. The van der Waals surface area contributed by atoms with E-state index in [1.165, 1.54) is 6.42 Å². The molecule has 4 heteroatoms. The Morgan fingerprint density at radius 1 is 1.00 bits per heavy atom. The van der Waals surface area contributed by atoms with Crippen molar-refractivity contribution in [2.45, 2.75) is 69.3 Å². The van der Waals surface area contributed by atoms with E-state index >= 15 is 0 Å². The third-order valence-electron chi connectivity index (χ3n) is 5.27. The summed E-state index contributed by atoms with van der Waals surface area (Å²) in [5, 5.41) is -0.267. The average molecular weight is 287 g/mol. The molecule has 0 aromatic heterocycles. The number of hydrogen-bond donors (Lipinski definition) is 1. The van der Waals surface area contributed by atoms with Gasteiger partial charge in [-0.15, -0.1) is 0 Å². The Kier molecular flexibility index (Phi) is 4.93. The van der Waals surface area contributed by atoms with Crippen LogP contribution in [0.15, 0.2) is 0 Å². The van der Waals surface area contributed by atoms with E-state index in [4.69, 9.17) is 5.73 Å². The molecule has 3 nitrogen and oxygen atoms in total. The van der Waals surface area contributed by atoms with E-state index < -0.39 is 9.84 Å². The largest absolute Gasteiger partial charge is 0.330 e. The topological polar surface area (TPSA) is 60.2 Å². The Balaban J connectivity index is 2.16. The van der Waals surface area contributed by atoms with E-state index in [9.17, 15) is 8.42 Å². The summed E-state index contributed by atoms with van der Waals surface area (Å²) >= 11 is 0. The average Bonchev–Trinajstić information content (AvgIpc) is 2.38. The van der Waals surface area contributed by atoms with E-state index in [1.807, 2.05) is 0 Å². The van der Waals surface area contributed by atoms with E-state index in [-0.39, 0.29) is 16.4 Å². The monoisotopic (exact) mass is 287 g/mol. The van der Waals surface area contributed by atoms with Crippen molar-refractivity contribution in [3.05, 3.63) is 0 Å². The van der Waals surface area contributed by atoms with Gasteiger partial charge in [-0.2, -0.15) is 0 Å². The minimum Gasteiger partial charge on any atom is -0.330 e. The van der Waals surface area contributed by atoms with Gasteiger partial charge in [-0.05, 0) is 50.0 Å². The van der Waals surface area contributed by atoms with E-state index in [0.717, 1.165) is 38.5 Å². The van der Waals surface area contributed by atoms with Crippen LogP contribution < -0.4 is 5.73 Å². The summed E-state index contributed by atoms with van der Waals surface area (Å²) in [5.74, 6) is 1.29. The van der Waals surface area contributed by atoms with Crippen LogP contribution in [0.25, 0.3) is 0 Å². The van der Waals surface area contributed by atoms with E-state index in [0.29, 0.717) is 18.4 Å². The lowest BCUT2D eigenvalue weighted by Gasteiger charge is -2.37. The molecule has 2 aliphatic rings. The number of rotatable bonds is 3. The fraction of sp³-hybridized carbons (Fsp3) is 1.00. The summed E-state index contributed by atoms with van der Waals surface area (Å²) in [6.45, 7) is 4.89. The van der Waals surface area contributed by atoms with Crippen LogP contribution in [-0.2, 0) is 9.84 Å². The molecule has 5 unspecified atom stereocenters. The van der Waals surface area contributed by atoms with Gasteiger partial charge in [-0.25, -0.2) is 8.42 Å². The molecule has 2 rings (SSSR count). The number of nitrogens with two attached hydrogens (primary N) is 1. The highest BCUT2D eigenvalue weighted by Gasteiger charge is 2.42. The van der Waals surface area contributed by atoms with Crippen molar-refractivity contribution in [3.63, 3.8) is 0 Å². The van der Waals surface area contributed by atoms with Crippen molar-refractivity contribution < 1.29 is 8.42 Å². The van der Waals surface area contributed by atoms with Crippen molar-refractivity contribution in [1.29, 1.82) is 0 Å². The van der Waals surface area contributed by atoms with Gasteiger partial charge in [0.15, 0.2) is 9.84 Å². The second-order valence-corrected chi connectivity index (χ2v) is 9.39. The lowest BCUT2D eigenvalue weighted by molar-refractivity contribution is 0.291. The van der Waals surface area contributed by atoms with Gasteiger partial charge >= 0.3 is 0 Å². The van der Waals surface area contributed by atoms with Gasteiger partial charge < -0.3 is 5.73 Å². The Labute approximate surface area is 118 Å². The summed E-state index contributed by atoms with van der Waals surface area (Å²) in [5.41, 5.74) is 5.83. The molecule has 0 heterocycles. The van der Waals surface area contributed by atoms with Crippen molar-refractivity contribution in [3.8, 4) is 0 Å². The fourth-order valence-electron chi connectivity index (χ4n) is 3.99. The minimum atomic E-state index is -2.99. The molecule has 0 amide bonds. The molecule has 2 fully saturated rings. The summed E-state index contributed by atoms with van der Waals surface area (Å²) in [7, 11) is -2.99. The first-order valence-electron chi connectivity index (χ1n) is 7.88. The predicted octanol–water partition coefficient (Wildman–Crippen LogP) is 2.74. The number of sulfone groups is 1. The molecule has 0 aromatic rings. The van der Waals surface area contributed by atoms with Crippen molar-refractivity contribution in [2.24, 2.45) is 23.5 Å². The molecular weight excluding hydrogens is 258 g/mol. The molecule has 0 spiro atoms. The Hall–Kier alpha value is -0.0900. The second kappa shape index (κ2) is 6.13. The van der Waals surface area contributed by atoms with Gasteiger partial charge in [0, 0.05) is 0 Å². The molecule has 2 saturated carbocycles. The van der Waals surface area contributed by atoms with Crippen LogP contribution in [0.1, 0.15) is 58.8 Å². The first kappa shape index (κ1) is 15.3. The summed E-state index contributed by atoms with van der Waals surface area (Å²) in [4.78, 5) is 0. The zero-order valence-electron chi connectivity index (χ0n) is 12.3. The predicted molar refractivity (Wildman–Crippen MR) is 79.7 cm³/mol. The van der Waals surface area contributed by atoms with Crippen LogP contribution in [0, 0.1) is 17.8 Å². The standard InChI is InChI=1S/C15H29NO2S/c1-11-4-3-5-14(8-11)19(17,18)15-9-12(2)6-7-13(15)10-16/h11-15H,3-10,16H2,1-2H3. The highest BCUT2D eigenvalue weighted by molar-refractivity contribution is 7.92. The third-order valence-corrected chi connectivity index (χ3v) is 8.05. The first-order valence-corrected chi connectivity index (χ1v) is 9.48. The molecule has 0 bridgehead atoms. The van der Waals surface area contributed by atoms with Gasteiger partial charge in [0.1, 0.15) is 0 Å². The zero-order valence-corrected chi connectivity index (χ0v) is 13.2. The molecule has 112 valence electrons. The van der Waals surface area contributed by atoms with Gasteiger partial charge in [0.25, 0.3) is 0 Å². The first-order chi connectivity index (χ1) is 8.95. The molecule has 5 atom stereocenters. The SMILES string of the molecule is CC1CCCC(S(=O)(=O)C2CC(C)CCC2CN)C1. The highest BCUT2D eigenvalue weighted by atomic mass is 32.2. The van der Waals surface area contributed by atoms with Gasteiger partial charge in [0.05, 0.1) is 10.5 Å². The summed E-state index contributed by atoms with van der Waals surface area (Å²) in [6.07, 6.45) is 6.95. The Morgan fingerprint density at radius 2 is 1.68 bits per heavy atom. The quantitative estimate of drug-likeness (QED) is 0.868. The Bertz CT molecular complexity index is 393. The molecule has 0 radical (unpaired) electrons. The maximum absolute atomic E-state index is 12.9. The molecule has 0 aromatic carbocycles. The van der Waals surface area contributed by atoms with E-state index in [2.05, 4.69) is 13.8 Å². The Morgan fingerprint density at radius 3 is 2.32 bits per heavy atom. The van der Waals surface area contributed by atoms with Crippen molar-refractivity contribution >= 4 is 9.84 Å². The van der Waals surface area contributed by atoms with Crippen LogP contribution in [0.3, 0.4) is 0 Å². The zero-order chi connectivity index (χ0) is 14.0. The molecule has 0 aliphatic heterocycles. The van der Waals surface area contributed by atoms with Crippen LogP contribution in [-0.4, -0.2) is 25.5 Å². The van der Waals surface area contributed by atoms with Crippen LogP contribution in [0.5, 0.6) is 0 Å². The lowest BCUT2D eigenvalue weighted by Crippen LogP contribution is -2.44. The lowest BCUT2D eigenvalue weighted by atomic mass is 9.82. The third kappa shape index (κ3) is 3.33. The minimum absolute atomic E-state index is 0.0967. The highest BCUT2D eigenvalue weighted by Crippen LogP contribution is 2.38. The second-order valence-electron chi connectivity index (χ2n) is 6.94. The molecular formula is C15H29NO2S. The smallest absolute Gasteiger partial charge is 0.156 e. The van der Waals surface area contributed by atoms with Crippen LogP contribution >= 0.6 is 0 Å². The van der Waals surface area contributed by atoms with Crippen molar-refractivity contribution in [1.82, 2.24) is 0 Å². The van der Waals surface area contributed by atoms with Gasteiger partial charge in [0.2, 0.25) is 0 Å². The molecule has 2 aliphatic carbocycles. The molecule has 19 heavy (non-hydrogen) atoms.